The summed E-state index contributed by atoms with van der Waals surface area (Å²) in [6.45, 7) is 7.11. The third-order valence-electron chi connectivity index (χ3n) is 4.82. The molecule has 0 atom stereocenters. The zero-order valence-corrected chi connectivity index (χ0v) is 15.2. The molecule has 25 heavy (non-hydrogen) atoms. The summed E-state index contributed by atoms with van der Waals surface area (Å²) in [6.07, 6.45) is 1.61. The second kappa shape index (κ2) is 6.87. The van der Waals surface area contributed by atoms with Crippen molar-refractivity contribution in [3.8, 4) is 0 Å². The van der Waals surface area contributed by atoms with E-state index in [1.807, 2.05) is 68.1 Å². The number of benzene rings is 2. The zero-order valence-electron chi connectivity index (χ0n) is 15.2. The Labute approximate surface area is 149 Å². The first-order valence-electron chi connectivity index (χ1n) is 8.94. The zero-order chi connectivity index (χ0) is 18.0. The highest BCUT2D eigenvalue weighted by Crippen LogP contribution is 2.22. The van der Waals surface area contributed by atoms with Gasteiger partial charge in [0.25, 0.3) is 5.91 Å². The second-order valence-electron chi connectivity index (χ2n) is 7.82. The number of carbonyl (C=O) groups is 2. The molecule has 2 aromatic rings. The Morgan fingerprint density at radius 1 is 1.00 bits per heavy atom. The van der Waals surface area contributed by atoms with Crippen LogP contribution in [-0.2, 0) is 4.79 Å². The second-order valence-corrected chi connectivity index (χ2v) is 7.82. The minimum atomic E-state index is -0.379. The van der Waals surface area contributed by atoms with Gasteiger partial charge in [-0.3, -0.25) is 9.59 Å². The van der Waals surface area contributed by atoms with E-state index >= 15 is 0 Å². The molecule has 0 spiro atoms. The normalized spacial score (nSPS) is 16.0. The number of nitrogens with zero attached hydrogens (tertiary/aromatic N) is 1. The maximum absolute atomic E-state index is 12.9. The molecule has 0 aromatic heterocycles. The van der Waals surface area contributed by atoms with Gasteiger partial charge >= 0.3 is 0 Å². The van der Waals surface area contributed by atoms with Crippen molar-refractivity contribution in [2.24, 2.45) is 5.41 Å². The summed E-state index contributed by atoms with van der Waals surface area (Å²) in [4.78, 5) is 27.0. The first-order valence-corrected chi connectivity index (χ1v) is 8.94. The summed E-state index contributed by atoms with van der Waals surface area (Å²) in [5.41, 5.74) is 0.380. The van der Waals surface area contributed by atoms with Crippen molar-refractivity contribution in [2.45, 2.75) is 39.7 Å². The van der Waals surface area contributed by atoms with E-state index in [0.29, 0.717) is 13.1 Å². The summed E-state index contributed by atoms with van der Waals surface area (Å²) >= 11 is 0. The summed E-state index contributed by atoms with van der Waals surface area (Å²) in [5.74, 6) is 0.156. The maximum Gasteiger partial charge on any atom is 0.254 e. The fourth-order valence-electron chi connectivity index (χ4n) is 3.21. The lowest BCUT2D eigenvalue weighted by molar-refractivity contribution is -0.129. The van der Waals surface area contributed by atoms with Gasteiger partial charge in [-0.05, 0) is 29.7 Å². The average molecular weight is 338 g/mol. The SMILES string of the molecule is CC(C)(C)C(=O)NC1CCN(C(=O)c2cccc3ccccc23)CC1. The molecule has 0 aliphatic carbocycles. The van der Waals surface area contributed by atoms with Crippen molar-refractivity contribution >= 4 is 22.6 Å². The van der Waals surface area contributed by atoms with Crippen LogP contribution in [-0.4, -0.2) is 35.8 Å². The van der Waals surface area contributed by atoms with Crippen molar-refractivity contribution in [3.05, 3.63) is 48.0 Å². The molecular weight excluding hydrogens is 312 g/mol. The lowest BCUT2D eigenvalue weighted by Crippen LogP contribution is -2.49. The van der Waals surface area contributed by atoms with Crippen LogP contribution in [0.2, 0.25) is 0 Å². The number of rotatable bonds is 2. The Balaban J connectivity index is 1.67. The van der Waals surface area contributed by atoms with Crippen LogP contribution >= 0.6 is 0 Å². The molecule has 0 saturated carbocycles. The lowest BCUT2D eigenvalue weighted by atomic mass is 9.94. The largest absolute Gasteiger partial charge is 0.353 e. The number of fused-ring (bicyclic) bond motifs is 1. The van der Waals surface area contributed by atoms with Crippen LogP contribution in [0.25, 0.3) is 10.8 Å². The highest BCUT2D eigenvalue weighted by atomic mass is 16.2. The quantitative estimate of drug-likeness (QED) is 0.909. The van der Waals surface area contributed by atoms with Crippen LogP contribution in [0, 0.1) is 5.41 Å². The predicted octanol–water partition coefficient (Wildman–Crippen LogP) is 3.61. The van der Waals surface area contributed by atoms with E-state index in [-0.39, 0.29) is 23.3 Å². The smallest absolute Gasteiger partial charge is 0.254 e. The van der Waals surface area contributed by atoms with E-state index in [4.69, 9.17) is 0 Å². The van der Waals surface area contributed by atoms with Crippen LogP contribution in [0.4, 0.5) is 0 Å². The first-order chi connectivity index (χ1) is 11.9. The number of nitrogens with one attached hydrogen (secondary N) is 1. The number of amides is 2. The molecule has 0 bridgehead atoms. The van der Waals surface area contributed by atoms with Crippen molar-refractivity contribution in [2.75, 3.05) is 13.1 Å². The average Bonchev–Trinajstić information content (AvgIpc) is 2.60. The monoisotopic (exact) mass is 338 g/mol. The van der Waals surface area contributed by atoms with Gasteiger partial charge < -0.3 is 10.2 Å². The molecule has 0 unspecified atom stereocenters. The molecule has 132 valence electrons. The lowest BCUT2D eigenvalue weighted by Gasteiger charge is -2.34. The molecule has 1 fully saturated rings. The molecule has 2 amide bonds. The van der Waals surface area contributed by atoms with E-state index < -0.39 is 0 Å². The Kier molecular flexibility index (Phi) is 4.80. The van der Waals surface area contributed by atoms with Gasteiger partial charge in [0.15, 0.2) is 0 Å². The summed E-state index contributed by atoms with van der Waals surface area (Å²) < 4.78 is 0. The van der Waals surface area contributed by atoms with E-state index in [9.17, 15) is 9.59 Å². The molecule has 1 N–H and O–H groups in total. The van der Waals surface area contributed by atoms with E-state index in [2.05, 4.69) is 5.32 Å². The highest BCUT2D eigenvalue weighted by molar-refractivity contribution is 6.07. The highest BCUT2D eigenvalue weighted by Gasteiger charge is 2.28. The molecular formula is C21H26N2O2. The number of piperidine rings is 1. The van der Waals surface area contributed by atoms with E-state index in [1.54, 1.807) is 0 Å². The van der Waals surface area contributed by atoms with Gasteiger partial charge in [0.1, 0.15) is 0 Å². The fourth-order valence-corrected chi connectivity index (χ4v) is 3.21. The Hall–Kier alpha value is -2.36. The van der Waals surface area contributed by atoms with Gasteiger partial charge in [-0.25, -0.2) is 0 Å². The number of hydrogen-bond acceptors (Lipinski definition) is 2. The fraction of sp³-hybridized carbons (Fsp3) is 0.429. The molecule has 3 rings (SSSR count). The molecule has 1 aliphatic heterocycles. The van der Waals surface area contributed by atoms with Crippen LogP contribution in [0.1, 0.15) is 44.0 Å². The molecule has 4 heteroatoms. The Bertz CT molecular complexity index is 779. The van der Waals surface area contributed by atoms with Gasteiger partial charge in [-0.1, -0.05) is 57.2 Å². The molecule has 4 nitrogen and oxygen atoms in total. The Morgan fingerprint density at radius 3 is 2.32 bits per heavy atom. The molecule has 0 radical (unpaired) electrons. The van der Waals surface area contributed by atoms with Crippen LogP contribution < -0.4 is 5.32 Å². The number of likely N-dealkylation sites (tertiary alicyclic amines) is 1. The van der Waals surface area contributed by atoms with Gasteiger partial charge in [0.05, 0.1) is 0 Å². The van der Waals surface area contributed by atoms with Crippen molar-refractivity contribution in [1.82, 2.24) is 10.2 Å². The predicted molar refractivity (Wildman–Crippen MR) is 100 cm³/mol. The van der Waals surface area contributed by atoms with E-state index in [0.717, 1.165) is 29.2 Å². The minimum absolute atomic E-state index is 0.0753. The van der Waals surface area contributed by atoms with Gasteiger partial charge in [0, 0.05) is 30.1 Å². The third kappa shape index (κ3) is 3.84. The minimum Gasteiger partial charge on any atom is -0.353 e. The molecule has 1 heterocycles. The van der Waals surface area contributed by atoms with Crippen molar-refractivity contribution in [1.29, 1.82) is 0 Å². The molecule has 2 aromatic carbocycles. The Morgan fingerprint density at radius 2 is 1.64 bits per heavy atom. The van der Waals surface area contributed by atoms with Crippen LogP contribution in [0.15, 0.2) is 42.5 Å². The topological polar surface area (TPSA) is 49.4 Å². The van der Waals surface area contributed by atoms with E-state index in [1.165, 1.54) is 0 Å². The van der Waals surface area contributed by atoms with Crippen molar-refractivity contribution in [3.63, 3.8) is 0 Å². The molecule has 1 aliphatic rings. The van der Waals surface area contributed by atoms with Crippen LogP contribution in [0.3, 0.4) is 0 Å². The first kappa shape index (κ1) is 17.5. The molecule has 1 saturated heterocycles. The maximum atomic E-state index is 12.9. The van der Waals surface area contributed by atoms with Gasteiger partial charge in [-0.2, -0.15) is 0 Å². The summed E-state index contributed by atoms with van der Waals surface area (Å²) in [5, 5.41) is 5.19. The van der Waals surface area contributed by atoms with Crippen molar-refractivity contribution < 1.29 is 9.59 Å². The number of hydrogen-bond donors (Lipinski definition) is 1. The van der Waals surface area contributed by atoms with Gasteiger partial charge in [0.2, 0.25) is 5.91 Å². The standard InChI is InChI=1S/C21H26N2O2/c1-21(2,3)20(25)22-16-11-13-23(14-12-16)19(24)18-10-6-8-15-7-4-5-9-17(15)18/h4-10,16H,11-14H2,1-3H3,(H,22,25). The van der Waals surface area contributed by atoms with Gasteiger partial charge in [-0.15, -0.1) is 0 Å². The third-order valence-corrected chi connectivity index (χ3v) is 4.82. The summed E-state index contributed by atoms with van der Waals surface area (Å²) in [6, 6.07) is 14.0. The summed E-state index contributed by atoms with van der Waals surface area (Å²) in [7, 11) is 0. The number of carbonyl (C=O) groups excluding carboxylic acids is 2. The van der Waals surface area contributed by atoms with Crippen LogP contribution in [0.5, 0.6) is 0 Å².